The summed E-state index contributed by atoms with van der Waals surface area (Å²) >= 11 is -1.20. The molecular weight excluding hydrogens is 268 g/mol. The molecule has 0 aromatic heterocycles. The minimum absolute atomic E-state index is 0.0552. The molecule has 6 heteroatoms. The number of hydrogen-bond acceptors (Lipinski definition) is 5. The molecule has 0 heterocycles. The molecule has 2 atom stereocenters. The maximum atomic E-state index is 11.5. The van der Waals surface area contributed by atoms with Gasteiger partial charge in [-0.15, -0.1) is 0 Å². The lowest BCUT2D eigenvalue weighted by molar-refractivity contribution is -0.144. The maximum absolute atomic E-state index is 11.5. The molecule has 0 bridgehead atoms. The molecule has 0 fully saturated rings. The van der Waals surface area contributed by atoms with Crippen molar-refractivity contribution in [3.8, 4) is 0 Å². The first-order valence-electron chi connectivity index (χ1n) is 6.22. The molecule has 0 aromatic carbocycles. The van der Waals surface area contributed by atoms with E-state index in [9.17, 15) is 14.1 Å². The Morgan fingerprint density at radius 3 is 2.37 bits per heavy atom. The van der Waals surface area contributed by atoms with Gasteiger partial charge in [0.05, 0.1) is 13.2 Å². The fourth-order valence-electron chi connectivity index (χ4n) is 1.08. The molecule has 0 spiro atoms. The van der Waals surface area contributed by atoms with Gasteiger partial charge in [-0.05, 0) is 31.4 Å². The van der Waals surface area contributed by atoms with Crippen molar-refractivity contribution in [1.29, 1.82) is 0 Å². The van der Waals surface area contributed by atoms with Gasteiger partial charge in [0.15, 0.2) is 0 Å². The van der Waals surface area contributed by atoms with E-state index >= 15 is 0 Å². The molecule has 0 amide bonds. The van der Waals surface area contributed by atoms with Crippen LogP contribution >= 0.6 is 0 Å². The predicted octanol–water partition coefficient (Wildman–Crippen LogP) is 1.44. The summed E-state index contributed by atoms with van der Waals surface area (Å²) in [5.74, 6) is -1.13. The standard InChI is InChI=1S/C13H22O5S/c1-5-11(7-17-12(14)6-2)8-18-13(15)9-19(16)10(3)4/h6,10-11H,2,5,7-9H2,1,3-4H3. The van der Waals surface area contributed by atoms with E-state index in [2.05, 4.69) is 6.58 Å². The highest BCUT2D eigenvalue weighted by molar-refractivity contribution is 7.92. The van der Waals surface area contributed by atoms with Crippen LogP contribution in [0.4, 0.5) is 0 Å². The quantitative estimate of drug-likeness (QED) is 0.365. The smallest absolute Gasteiger partial charge is 0.356 e. The summed E-state index contributed by atoms with van der Waals surface area (Å²) in [5, 5.41) is -0.0666. The summed E-state index contributed by atoms with van der Waals surface area (Å²) in [6.45, 7) is 9.12. The number of hydrogen-bond donors (Lipinski definition) is 0. The van der Waals surface area contributed by atoms with Gasteiger partial charge in [-0.3, -0.25) is 0 Å². The summed E-state index contributed by atoms with van der Waals surface area (Å²) < 4.78 is 21.4. The van der Waals surface area contributed by atoms with Crippen molar-refractivity contribution in [2.75, 3.05) is 19.0 Å². The lowest BCUT2D eigenvalue weighted by atomic mass is 10.1. The second-order valence-corrected chi connectivity index (χ2v) is 6.36. The number of carbonyl (C=O) groups is 2. The second kappa shape index (κ2) is 9.86. The molecule has 5 nitrogen and oxygen atoms in total. The normalized spacial score (nSPS) is 13.7. The zero-order valence-corrected chi connectivity index (χ0v) is 12.5. The Labute approximate surface area is 117 Å². The zero-order valence-electron chi connectivity index (χ0n) is 11.7. The number of esters is 2. The molecule has 0 aliphatic carbocycles. The van der Waals surface area contributed by atoms with E-state index < -0.39 is 23.1 Å². The van der Waals surface area contributed by atoms with E-state index in [-0.39, 0.29) is 30.1 Å². The third-order valence-corrected chi connectivity index (χ3v) is 4.04. The van der Waals surface area contributed by atoms with Gasteiger partial charge in [-0.2, -0.15) is 0 Å². The summed E-state index contributed by atoms with van der Waals surface area (Å²) in [6, 6.07) is 0. The fraction of sp³-hybridized carbons (Fsp3) is 0.692. The van der Waals surface area contributed by atoms with Gasteiger partial charge in [0.25, 0.3) is 0 Å². The second-order valence-electron chi connectivity index (χ2n) is 4.37. The van der Waals surface area contributed by atoms with Gasteiger partial charge in [0.1, 0.15) is 5.25 Å². The van der Waals surface area contributed by atoms with Crippen LogP contribution in [0, 0.1) is 5.92 Å². The van der Waals surface area contributed by atoms with Crippen LogP contribution in [-0.4, -0.2) is 40.7 Å². The van der Waals surface area contributed by atoms with Crippen LogP contribution in [0.3, 0.4) is 0 Å². The monoisotopic (exact) mass is 290 g/mol. The van der Waals surface area contributed by atoms with Crippen LogP contribution in [0.5, 0.6) is 0 Å². The van der Waals surface area contributed by atoms with Crippen LogP contribution < -0.4 is 0 Å². The van der Waals surface area contributed by atoms with E-state index in [0.29, 0.717) is 6.42 Å². The lowest BCUT2D eigenvalue weighted by Gasteiger charge is -2.16. The molecule has 19 heavy (non-hydrogen) atoms. The molecular formula is C13H22O5S. The highest BCUT2D eigenvalue weighted by Gasteiger charge is 2.19. The van der Waals surface area contributed by atoms with Crippen molar-refractivity contribution in [2.24, 2.45) is 5.92 Å². The van der Waals surface area contributed by atoms with Gasteiger partial charge in [0.2, 0.25) is 5.75 Å². The Morgan fingerprint density at radius 1 is 1.32 bits per heavy atom. The first kappa shape index (κ1) is 18.0. The summed E-state index contributed by atoms with van der Waals surface area (Å²) in [4.78, 5) is 22.3. The fourth-order valence-corrected chi connectivity index (χ4v) is 1.73. The van der Waals surface area contributed by atoms with Gasteiger partial charge >= 0.3 is 11.9 Å². The van der Waals surface area contributed by atoms with Crippen molar-refractivity contribution in [2.45, 2.75) is 32.4 Å². The van der Waals surface area contributed by atoms with Crippen LogP contribution in [0.15, 0.2) is 12.7 Å². The van der Waals surface area contributed by atoms with Crippen molar-refractivity contribution in [1.82, 2.24) is 0 Å². The maximum Gasteiger partial charge on any atom is 0.356 e. The van der Waals surface area contributed by atoms with Crippen LogP contribution in [0.25, 0.3) is 0 Å². The Balaban J connectivity index is 3.96. The van der Waals surface area contributed by atoms with Gasteiger partial charge in [0, 0.05) is 12.0 Å². The zero-order chi connectivity index (χ0) is 14.8. The SMILES string of the molecule is C=CC(=O)OCC(CC)COC(=O)C[S+]([O-])C(C)C. The molecule has 0 aliphatic heterocycles. The molecule has 2 unspecified atom stereocenters. The van der Waals surface area contributed by atoms with Crippen molar-refractivity contribution >= 4 is 23.1 Å². The van der Waals surface area contributed by atoms with Crippen molar-refractivity contribution in [3.63, 3.8) is 0 Å². The van der Waals surface area contributed by atoms with Gasteiger partial charge < -0.3 is 14.0 Å². The van der Waals surface area contributed by atoms with E-state index in [4.69, 9.17) is 9.47 Å². The van der Waals surface area contributed by atoms with E-state index in [0.717, 1.165) is 6.08 Å². The van der Waals surface area contributed by atoms with E-state index in [1.54, 1.807) is 13.8 Å². The molecule has 0 N–H and O–H groups in total. The molecule has 110 valence electrons. The number of rotatable bonds is 9. The molecule has 0 rings (SSSR count). The molecule has 0 aromatic rings. The average Bonchev–Trinajstić information content (AvgIpc) is 2.38. The summed E-state index contributed by atoms with van der Waals surface area (Å²) in [5.41, 5.74) is 0. The Bertz CT molecular complexity index is 303. The molecule has 0 saturated heterocycles. The summed E-state index contributed by atoms with van der Waals surface area (Å²) in [7, 11) is 0. The number of carbonyl (C=O) groups excluding carboxylic acids is 2. The lowest BCUT2D eigenvalue weighted by Crippen LogP contribution is -2.27. The summed E-state index contributed by atoms with van der Waals surface area (Å²) in [6.07, 6.45) is 1.80. The third kappa shape index (κ3) is 8.67. The minimum atomic E-state index is -1.20. The third-order valence-electron chi connectivity index (χ3n) is 2.47. The highest BCUT2D eigenvalue weighted by atomic mass is 32.2. The van der Waals surface area contributed by atoms with Crippen LogP contribution in [0.1, 0.15) is 27.2 Å². The van der Waals surface area contributed by atoms with E-state index in [1.807, 2.05) is 6.92 Å². The first-order valence-corrected chi connectivity index (χ1v) is 7.60. The van der Waals surface area contributed by atoms with Crippen molar-refractivity contribution in [3.05, 3.63) is 12.7 Å². The van der Waals surface area contributed by atoms with Crippen LogP contribution in [-0.2, 0) is 30.2 Å². The molecule has 0 aliphatic rings. The first-order chi connectivity index (χ1) is 8.90. The Morgan fingerprint density at radius 2 is 1.89 bits per heavy atom. The Kier molecular flexibility index (Phi) is 9.34. The molecule has 0 saturated carbocycles. The Hall–Kier alpha value is -1.01. The van der Waals surface area contributed by atoms with Gasteiger partial charge in [-0.25, -0.2) is 9.59 Å². The average molecular weight is 290 g/mol. The van der Waals surface area contributed by atoms with Crippen LogP contribution in [0.2, 0.25) is 0 Å². The number of ether oxygens (including phenoxy) is 2. The highest BCUT2D eigenvalue weighted by Crippen LogP contribution is 2.06. The topological polar surface area (TPSA) is 75.7 Å². The van der Waals surface area contributed by atoms with E-state index in [1.165, 1.54) is 0 Å². The minimum Gasteiger partial charge on any atom is -0.616 e. The largest absolute Gasteiger partial charge is 0.616 e. The predicted molar refractivity (Wildman–Crippen MR) is 74.0 cm³/mol. The van der Waals surface area contributed by atoms with Crippen molar-refractivity contribution < 1.29 is 23.6 Å². The molecule has 0 radical (unpaired) electrons. The van der Waals surface area contributed by atoms with Gasteiger partial charge in [-0.1, -0.05) is 13.5 Å².